The fraction of sp³-hybridized carbons (Fsp3) is 0.133. The Labute approximate surface area is 125 Å². The SMILES string of the molecule is CCN(c1ccc(F)cc1)c1cc(Br)ccc1C(=N)N. The third-order valence-corrected chi connectivity index (χ3v) is 3.49. The fourth-order valence-corrected chi connectivity index (χ4v) is 2.42. The molecule has 0 aliphatic rings. The van der Waals surface area contributed by atoms with Crippen LogP contribution in [0.4, 0.5) is 15.8 Å². The van der Waals surface area contributed by atoms with Crippen LogP contribution in [0.2, 0.25) is 0 Å². The molecule has 0 radical (unpaired) electrons. The zero-order chi connectivity index (χ0) is 14.7. The highest BCUT2D eigenvalue weighted by Crippen LogP contribution is 2.31. The van der Waals surface area contributed by atoms with E-state index in [2.05, 4.69) is 15.9 Å². The number of nitrogens with one attached hydrogen (secondary N) is 1. The van der Waals surface area contributed by atoms with Crippen LogP contribution in [0.5, 0.6) is 0 Å². The first-order valence-corrected chi connectivity index (χ1v) is 6.99. The summed E-state index contributed by atoms with van der Waals surface area (Å²) in [6, 6.07) is 11.8. The lowest BCUT2D eigenvalue weighted by atomic mass is 10.1. The summed E-state index contributed by atoms with van der Waals surface area (Å²) >= 11 is 3.43. The van der Waals surface area contributed by atoms with Gasteiger partial charge in [-0.15, -0.1) is 0 Å². The van der Waals surface area contributed by atoms with Crippen LogP contribution in [0.15, 0.2) is 46.9 Å². The van der Waals surface area contributed by atoms with Crippen molar-refractivity contribution in [3.05, 3.63) is 58.3 Å². The average Bonchev–Trinajstić information content (AvgIpc) is 2.41. The van der Waals surface area contributed by atoms with E-state index in [4.69, 9.17) is 11.1 Å². The van der Waals surface area contributed by atoms with Gasteiger partial charge in [0.05, 0.1) is 5.69 Å². The maximum absolute atomic E-state index is 13.0. The molecule has 104 valence electrons. The zero-order valence-corrected chi connectivity index (χ0v) is 12.6. The van der Waals surface area contributed by atoms with Crippen molar-refractivity contribution in [3.63, 3.8) is 0 Å². The molecule has 0 unspecified atom stereocenters. The summed E-state index contributed by atoms with van der Waals surface area (Å²) in [5.41, 5.74) is 7.97. The van der Waals surface area contributed by atoms with Gasteiger partial charge in [0.2, 0.25) is 0 Å². The van der Waals surface area contributed by atoms with Crippen LogP contribution in [-0.2, 0) is 0 Å². The number of hydrogen-bond acceptors (Lipinski definition) is 2. The number of halogens is 2. The molecule has 0 heterocycles. The molecule has 0 aromatic heterocycles. The highest BCUT2D eigenvalue weighted by atomic mass is 79.9. The van der Waals surface area contributed by atoms with Crippen molar-refractivity contribution in [2.24, 2.45) is 5.73 Å². The third-order valence-electron chi connectivity index (χ3n) is 3.00. The summed E-state index contributed by atoms with van der Waals surface area (Å²) in [5, 5.41) is 7.69. The van der Waals surface area contributed by atoms with Crippen LogP contribution >= 0.6 is 15.9 Å². The van der Waals surface area contributed by atoms with Crippen LogP contribution in [0.25, 0.3) is 0 Å². The van der Waals surface area contributed by atoms with Gasteiger partial charge in [0, 0.05) is 22.3 Å². The molecule has 0 fully saturated rings. The number of benzene rings is 2. The van der Waals surface area contributed by atoms with E-state index in [0.29, 0.717) is 12.1 Å². The second-order valence-corrected chi connectivity index (χ2v) is 5.21. The highest BCUT2D eigenvalue weighted by molar-refractivity contribution is 9.10. The molecule has 0 aliphatic carbocycles. The Morgan fingerprint density at radius 2 is 1.90 bits per heavy atom. The number of nitrogen functional groups attached to an aromatic ring is 1. The Morgan fingerprint density at radius 1 is 1.25 bits per heavy atom. The summed E-state index contributed by atoms with van der Waals surface area (Å²) in [6.07, 6.45) is 0. The summed E-state index contributed by atoms with van der Waals surface area (Å²) in [6.45, 7) is 2.68. The van der Waals surface area contributed by atoms with Gasteiger partial charge in [0.25, 0.3) is 0 Å². The van der Waals surface area contributed by atoms with E-state index in [9.17, 15) is 4.39 Å². The standard InChI is InChI=1S/C15H15BrFN3/c1-2-20(12-6-4-11(17)5-7-12)14-9-10(16)3-8-13(14)15(18)19/h3-9H,2H2,1H3,(H3,18,19). The van der Waals surface area contributed by atoms with Crippen LogP contribution in [0.3, 0.4) is 0 Å². The Hall–Kier alpha value is -1.88. The second-order valence-electron chi connectivity index (χ2n) is 4.30. The minimum Gasteiger partial charge on any atom is -0.384 e. The van der Waals surface area contributed by atoms with Crippen molar-refractivity contribution in [2.75, 3.05) is 11.4 Å². The number of amidine groups is 1. The summed E-state index contributed by atoms with van der Waals surface area (Å²) in [7, 11) is 0. The van der Waals surface area contributed by atoms with Crippen molar-refractivity contribution in [1.82, 2.24) is 0 Å². The van der Waals surface area contributed by atoms with Crippen LogP contribution in [-0.4, -0.2) is 12.4 Å². The molecular formula is C15H15BrFN3. The van der Waals surface area contributed by atoms with Gasteiger partial charge in [-0.2, -0.15) is 0 Å². The highest BCUT2D eigenvalue weighted by Gasteiger charge is 2.14. The third kappa shape index (κ3) is 2.99. The van der Waals surface area contributed by atoms with Crippen molar-refractivity contribution in [1.29, 1.82) is 5.41 Å². The quantitative estimate of drug-likeness (QED) is 0.654. The van der Waals surface area contributed by atoms with Gasteiger partial charge in [-0.3, -0.25) is 5.41 Å². The maximum Gasteiger partial charge on any atom is 0.124 e. The van der Waals surface area contributed by atoms with Gasteiger partial charge in [-0.25, -0.2) is 4.39 Å². The van der Waals surface area contributed by atoms with Crippen molar-refractivity contribution in [2.45, 2.75) is 6.92 Å². The average molecular weight is 336 g/mol. The Balaban J connectivity index is 2.53. The van der Waals surface area contributed by atoms with Crippen LogP contribution in [0.1, 0.15) is 12.5 Å². The zero-order valence-electron chi connectivity index (χ0n) is 11.0. The Morgan fingerprint density at radius 3 is 2.45 bits per heavy atom. The predicted molar refractivity (Wildman–Crippen MR) is 84.2 cm³/mol. The molecule has 2 aromatic carbocycles. The molecule has 3 N–H and O–H groups in total. The van der Waals surface area contributed by atoms with Gasteiger partial charge in [0.1, 0.15) is 11.7 Å². The topological polar surface area (TPSA) is 53.1 Å². The molecule has 0 aliphatic heterocycles. The monoisotopic (exact) mass is 335 g/mol. The molecule has 2 aromatic rings. The van der Waals surface area contributed by atoms with E-state index in [1.165, 1.54) is 12.1 Å². The summed E-state index contributed by atoms with van der Waals surface area (Å²) < 4.78 is 13.9. The molecule has 0 saturated carbocycles. The first-order chi connectivity index (χ1) is 9.52. The number of nitrogens with two attached hydrogens (primary N) is 1. The van der Waals surface area contributed by atoms with Crippen molar-refractivity contribution in [3.8, 4) is 0 Å². The van der Waals surface area contributed by atoms with Gasteiger partial charge < -0.3 is 10.6 Å². The number of nitrogens with zero attached hydrogens (tertiary/aromatic N) is 1. The minimum absolute atomic E-state index is 0.00746. The Kier molecular flexibility index (Phi) is 4.39. The fourth-order valence-electron chi connectivity index (χ4n) is 2.07. The number of rotatable bonds is 4. The first-order valence-electron chi connectivity index (χ1n) is 6.20. The Bertz CT molecular complexity index is 626. The summed E-state index contributed by atoms with van der Waals surface area (Å²) in [4.78, 5) is 1.99. The summed E-state index contributed by atoms with van der Waals surface area (Å²) in [5.74, 6) is -0.265. The van der Waals surface area contributed by atoms with Gasteiger partial charge >= 0.3 is 0 Å². The normalized spacial score (nSPS) is 10.3. The molecule has 0 spiro atoms. The lowest BCUT2D eigenvalue weighted by molar-refractivity contribution is 0.628. The van der Waals surface area contributed by atoms with Gasteiger partial charge in [-0.1, -0.05) is 15.9 Å². The second kappa shape index (κ2) is 6.05. The van der Waals surface area contributed by atoms with E-state index in [1.807, 2.05) is 24.0 Å². The molecule has 2 rings (SSSR count). The molecule has 0 saturated heterocycles. The van der Waals surface area contributed by atoms with E-state index >= 15 is 0 Å². The molecular weight excluding hydrogens is 321 g/mol. The minimum atomic E-state index is -0.272. The van der Waals surface area contributed by atoms with E-state index in [1.54, 1.807) is 18.2 Å². The lowest BCUT2D eigenvalue weighted by Gasteiger charge is -2.26. The molecule has 0 atom stereocenters. The molecule has 0 amide bonds. The smallest absolute Gasteiger partial charge is 0.124 e. The molecule has 20 heavy (non-hydrogen) atoms. The lowest BCUT2D eigenvalue weighted by Crippen LogP contribution is -2.21. The molecule has 0 bridgehead atoms. The van der Waals surface area contributed by atoms with Gasteiger partial charge in [0.15, 0.2) is 0 Å². The predicted octanol–water partition coefficient (Wildman–Crippen LogP) is 4.03. The largest absolute Gasteiger partial charge is 0.384 e. The molecule has 3 nitrogen and oxygen atoms in total. The van der Waals surface area contributed by atoms with Crippen molar-refractivity contribution < 1.29 is 4.39 Å². The first kappa shape index (κ1) is 14.5. The maximum atomic E-state index is 13.0. The van der Waals surface area contributed by atoms with E-state index in [0.717, 1.165) is 15.8 Å². The van der Waals surface area contributed by atoms with Crippen LogP contribution < -0.4 is 10.6 Å². The molecule has 5 heteroatoms. The van der Waals surface area contributed by atoms with E-state index < -0.39 is 0 Å². The number of anilines is 2. The number of hydrogen-bond donors (Lipinski definition) is 2. The van der Waals surface area contributed by atoms with Crippen LogP contribution in [0, 0.1) is 11.2 Å². The van der Waals surface area contributed by atoms with Crippen molar-refractivity contribution >= 4 is 33.1 Å². The van der Waals surface area contributed by atoms with Gasteiger partial charge in [-0.05, 0) is 49.4 Å². The van der Waals surface area contributed by atoms with E-state index in [-0.39, 0.29) is 11.7 Å².